The second-order valence-corrected chi connectivity index (χ2v) is 25.0. The normalized spacial score (nSPS) is 34.6. The van der Waals surface area contributed by atoms with E-state index in [4.69, 9.17) is 28.4 Å². The molecular formula is C55H90O13. The minimum absolute atomic E-state index is 0.00921. The van der Waals surface area contributed by atoms with Gasteiger partial charge in [0.1, 0.15) is 17.3 Å². The van der Waals surface area contributed by atoms with Gasteiger partial charge >= 0.3 is 35.8 Å². The van der Waals surface area contributed by atoms with E-state index in [1.165, 1.54) is 32.1 Å². The Balaban J connectivity index is 0.000000171. The topological polar surface area (TPSA) is 178 Å². The molecule has 2 heterocycles. The largest absolute Gasteiger partial charge is 0.463 e. The minimum Gasteiger partial charge on any atom is -0.463 e. The predicted molar refractivity (Wildman–Crippen MR) is 256 cm³/mol. The Hall–Kier alpha value is -3.22. The van der Waals surface area contributed by atoms with E-state index in [-0.39, 0.29) is 52.6 Å². The van der Waals surface area contributed by atoms with E-state index in [2.05, 4.69) is 6.92 Å². The summed E-state index contributed by atoms with van der Waals surface area (Å²) >= 11 is 0. The van der Waals surface area contributed by atoms with Crippen LogP contribution in [0.1, 0.15) is 218 Å². The van der Waals surface area contributed by atoms with Gasteiger partial charge in [0.25, 0.3) is 0 Å². The van der Waals surface area contributed by atoms with E-state index in [1.807, 2.05) is 69.2 Å². The second kappa shape index (κ2) is 21.6. The summed E-state index contributed by atoms with van der Waals surface area (Å²) in [5, 5.41) is 10.6. The van der Waals surface area contributed by atoms with Gasteiger partial charge in [-0.2, -0.15) is 0 Å². The van der Waals surface area contributed by atoms with Gasteiger partial charge in [-0.1, -0.05) is 34.1 Å². The lowest BCUT2D eigenvalue weighted by molar-refractivity contribution is -0.225. The highest BCUT2D eigenvalue weighted by atomic mass is 16.6. The van der Waals surface area contributed by atoms with Crippen molar-refractivity contribution < 1.29 is 62.3 Å². The fourth-order valence-electron chi connectivity index (χ4n) is 11.6. The molecule has 9 rings (SSSR count). The number of cyclic esters (lactones) is 1. The summed E-state index contributed by atoms with van der Waals surface area (Å²) in [6, 6.07) is 0. The first kappa shape index (κ1) is 55.7. The standard InChI is InChI=1S/C16H26O3.C15H24O4.C14H24O2.C10H16O4/c1-4-14(2,3)13(17)19-16-8-11-5-12(9-16)7-15(18,6-11)10-16;1-4-15(2,3)14(17)19-12-9-10-7-5-6-8-11(10)18-13(12)16;1-5-13(2,3)12(15)16-14(4)9-10-6-7-11(14)8-10;1-4-10(2,3)9(12)14-7-5-6-13-8(7)11/h11-12,18H,4-10H2,1-3H3;10-12H,4-9H2,1-3H3;10-11H,5-9H2,1-4H3;7H,4-6H2,1-3H3. The first-order chi connectivity index (χ1) is 31.5. The van der Waals surface area contributed by atoms with Crippen LogP contribution in [-0.4, -0.2) is 82.6 Å². The van der Waals surface area contributed by atoms with Gasteiger partial charge in [0.2, 0.25) is 6.10 Å². The van der Waals surface area contributed by atoms with Crippen molar-refractivity contribution in [3.05, 3.63) is 0 Å². The maximum atomic E-state index is 12.4. The molecule has 13 heteroatoms. The molecule has 1 N–H and O–H groups in total. The van der Waals surface area contributed by atoms with Crippen molar-refractivity contribution in [3.63, 3.8) is 0 Å². The van der Waals surface area contributed by atoms with Gasteiger partial charge in [0.05, 0.1) is 33.9 Å². The van der Waals surface area contributed by atoms with Crippen LogP contribution in [0.3, 0.4) is 0 Å². The van der Waals surface area contributed by atoms with Crippen molar-refractivity contribution in [3.8, 4) is 0 Å². The summed E-state index contributed by atoms with van der Waals surface area (Å²) in [7, 11) is 0. The monoisotopic (exact) mass is 959 g/mol. The second-order valence-electron chi connectivity index (χ2n) is 25.0. The predicted octanol–water partition coefficient (Wildman–Crippen LogP) is 10.7. The molecule has 68 heavy (non-hydrogen) atoms. The highest BCUT2D eigenvalue weighted by Gasteiger charge is 2.60. The van der Waals surface area contributed by atoms with Crippen LogP contribution >= 0.6 is 0 Å². The Morgan fingerprint density at radius 3 is 1.57 bits per heavy atom. The molecule has 7 aliphatic carbocycles. The number of aliphatic hydroxyl groups is 1. The van der Waals surface area contributed by atoms with Gasteiger partial charge < -0.3 is 33.5 Å². The molecule has 2 saturated heterocycles. The number of fused-ring (bicyclic) bond motifs is 3. The maximum Gasteiger partial charge on any atom is 0.347 e. The van der Waals surface area contributed by atoms with Crippen molar-refractivity contribution in [2.24, 2.45) is 51.2 Å². The molecule has 6 bridgehead atoms. The molecule has 0 spiro atoms. The zero-order valence-corrected chi connectivity index (χ0v) is 44.3. The van der Waals surface area contributed by atoms with E-state index in [1.54, 1.807) is 13.8 Å². The van der Waals surface area contributed by atoms with E-state index in [0.29, 0.717) is 62.4 Å². The van der Waals surface area contributed by atoms with Crippen LogP contribution in [0.25, 0.3) is 0 Å². The molecule has 0 aromatic heterocycles. The van der Waals surface area contributed by atoms with Gasteiger partial charge in [-0.15, -0.1) is 0 Å². The van der Waals surface area contributed by atoms with Crippen LogP contribution in [0.4, 0.5) is 0 Å². The first-order valence-corrected chi connectivity index (χ1v) is 26.5. The number of rotatable bonds is 12. The lowest BCUT2D eigenvalue weighted by atomic mass is 9.52. The average molecular weight is 959 g/mol. The summed E-state index contributed by atoms with van der Waals surface area (Å²) in [6.45, 7) is 25.5. The fraction of sp³-hybridized carbons (Fsp3) is 0.891. The van der Waals surface area contributed by atoms with Crippen LogP contribution in [0.5, 0.6) is 0 Å². The molecule has 13 nitrogen and oxygen atoms in total. The van der Waals surface area contributed by atoms with Gasteiger partial charge in [0.15, 0.2) is 6.10 Å². The molecule has 9 atom stereocenters. The molecule has 9 aliphatic rings. The summed E-state index contributed by atoms with van der Waals surface area (Å²) in [5.41, 5.74) is -2.88. The summed E-state index contributed by atoms with van der Waals surface area (Å²) in [6.07, 6.45) is 17.7. The van der Waals surface area contributed by atoms with Crippen molar-refractivity contribution in [1.82, 2.24) is 0 Å². The third-order valence-electron chi connectivity index (χ3n) is 17.7. The Labute approximate surface area is 408 Å². The number of ether oxygens (including phenoxy) is 6. The molecule has 9 unspecified atom stereocenters. The number of esters is 6. The summed E-state index contributed by atoms with van der Waals surface area (Å²) in [4.78, 5) is 71.0. The van der Waals surface area contributed by atoms with E-state index < -0.39 is 40.0 Å². The van der Waals surface area contributed by atoms with Crippen molar-refractivity contribution in [2.45, 2.75) is 254 Å². The summed E-state index contributed by atoms with van der Waals surface area (Å²) in [5.74, 6) is 1.41. The Morgan fingerprint density at radius 1 is 0.588 bits per heavy atom. The number of hydrogen-bond donors (Lipinski definition) is 1. The Kier molecular flexibility index (Phi) is 17.7. The molecule has 0 amide bonds. The van der Waals surface area contributed by atoms with Crippen molar-refractivity contribution in [2.75, 3.05) is 6.61 Å². The quantitative estimate of drug-likeness (QED) is 0.144. The molecular weight excluding hydrogens is 869 g/mol. The van der Waals surface area contributed by atoms with E-state index >= 15 is 0 Å². The third kappa shape index (κ3) is 13.4. The minimum atomic E-state index is -0.697. The highest BCUT2D eigenvalue weighted by molar-refractivity contribution is 5.83. The zero-order chi connectivity index (χ0) is 50.7. The summed E-state index contributed by atoms with van der Waals surface area (Å²) < 4.78 is 32.4. The van der Waals surface area contributed by atoms with E-state index in [9.17, 15) is 33.9 Å². The first-order valence-electron chi connectivity index (χ1n) is 26.5. The number of carbonyl (C=O) groups excluding carboxylic acids is 6. The Morgan fingerprint density at radius 2 is 1.10 bits per heavy atom. The highest BCUT2D eigenvalue weighted by Crippen LogP contribution is 2.59. The lowest BCUT2D eigenvalue weighted by Gasteiger charge is -2.59. The smallest absolute Gasteiger partial charge is 0.347 e. The van der Waals surface area contributed by atoms with Gasteiger partial charge in [-0.05, 0) is 189 Å². The van der Waals surface area contributed by atoms with Crippen LogP contribution in [0.15, 0.2) is 0 Å². The van der Waals surface area contributed by atoms with Gasteiger partial charge in [-0.25, -0.2) is 9.59 Å². The zero-order valence-electron chi connectivity index (χ0n) is 44.3. The van der Waals surface area contributed by atoms with Crippen molar-refractivity contribution >= 4 is 35.8 Å². The molecule has 0 radical (unpaired) electrons. The number of carbonyl (C=O) groups is 6. The van der Waals surface area contributed by atoms with Crippen LogP contribution in [-0.2, 0) is 57.2 Å². The molecule has 0 aromatic rings. The molecule has 2 aliphatic heterocycles. The van der Waals surface area contributed by atoms with Crippen molar-refractivity contribution in [1.29, 1.82) is 0 Å². The fourth-order valence-corrected chi connectivity index (χ4v) is 11.6. The van der Waals surface area contributed by atoms with Crippen LogP contribution < -0.4 is 0 Å². The van der Waals surface area contributed by atoms with Gasteiger partial charge in [0, 0.05) is 25.2 Å². The maximum absolute atomic E-state index is 12.4. The Bertz CT molecular complexity index is 1800. The lowest BCUT2D eigenvalue weighted by Crippen LogP contribution is -2.61. The number of hydrogen-bond acceptors (Lipinski definition) is 13. The van der Waals surface area contributed by atoms with E-state index in [0.717, 1.165) is 70.1 Å². The third-order valence-corrected chi connectivity index (χ3v) is 17.7. The SMILES string of the molecule is CCC(C)(C)C(=O)OC1(C)CC2CCC1C2.CCC(C)(C)C(=O)OC12CC3CC(CC(O)(C3)C1)C2.CCC(C)(C)C(=O)OC1CC2CCCCC2OC1=O.CCC(C)(C)C(=O)OC1CCOC1=O. The van der Waals surface area contributed by atoms with Crippen LogP contribution in [0, 0.1) is 51.2 Å². The van der Waals surface area contributed by atoms with Crippen LogP contribution in [0.2, 0.25) is 0 Å². The van der Waals surface area contributed by atoms with Gasteiger partial charge in [-0.3, -0.25) is 19.2 Å². The average Bonchev–Trinajstić information content (AvgIpc) is 3.99. The molecule has 9 fully saturated rings. The molecule has 7 saturated carbocycles. The molecule has 388 valence electrons. The molecule has 0 aromatic carbocycles.